The van der Waals surface area contributed by atoms with Gasteiger partial charge in [0.1, 0.15) is 0 Å². The van der Waals surface area contributed by atoms with Gasteiger partial charge in [0.2, 0.25) is 0 Å². The first kappa shape index (κ1) is 10.7. The molecule has 3 heteroatoms. The second-order valence-corrected chi connectivity index (χ2v) is 3.11. The summed E-state index contributed by atoms with van der Waals surface area (Å²) in [6.45, 7) is 2.85. The van der Waals surface area contributed by atoms with Crippen LogP contribution >= 0.6 is 0 Å². The summed E-state index contributed by atoms with van der Waals surface area (Å²) in [7, 11) is 1.61. The Labute approximate surface area is 84.8 Å². The van der Waals surface area contributed by atoms with Crippen molar-refractivity contribution in [3.05, 3.63) is 18.2 Å². The molecule has 0 saturated carbocycles. The predicted octanol–water partition coefficient (Wildman–Crippen LogP) is 2.46. The number of methoxy groups -OCH3 is 1. The summed E-state index contributed by atoms with van der Waals surface area (Å²) >= 11 is 0. The van der Waals surface area contributed by atoms with E-state index in [4.69, 9.17) is 15.2 Å². The SMILES string of the molecule is CCCCOc1ccc(N)cc1OC. The Balaban J connectivity index is 2.65. The highest BCUT2D eigenvalue weighted by Gasteiger charge is 2.03. The molecule has 0 aliphatic carbocycles. The third-order valence-electron chi connectivity index (χ3n) is 1.94. The van der Waals surface area contributed by atoms with Gasteiger partial charge in [0.05, 0.1) is 13.7 Å². The fourth-order valence-electron chi connectivity index (χ4n) is 1.13. The molecule has 78 valence electrons. The van der Waals surface area contributed by atoms with Crippen LogP contribution in [0.3, 0.4) is 0 Å². The van der Waals surface area contributed by atoms with Gasteiger partial charge >= 0.3 is 0 Å². The van der Waals surface area contributed by atoms with Crippen molar-refractivity contribution >= 4 is 5.69 Å². The first-order chi connectivity index (χ1) is 6.77. The standard InChI is InChI=1S/C11H17NO2/c1-3-4-7-14-10-6-5-9(12)8-11(10)13-2/h5-6,8H,3-4,7,12H2,1-2H3. The van der Waals surface area contributed by atoms with E-state index in [1.807, 2.05) is 12.1 Å². The Bertz CT molecular complexity index is 287. The number of hydrogen-bond donors (Lipinski definition) is 1. The lowest BCUT2D eigenvalue weighted by Crippen LogP contribution is -1.99. The first-order valence-electron chi connectivity index (χ1n) is 4.84. The van der Waals surface area contributed by atoms with E-state index < -0.39 is 0 Å². The van der Waals surface area contributed by atoms with Crippen molar-refractivity contribution in [3.63, 3.8) is 0 Å². The van der Waals surface area contributed by atoms with Gasteiger partial charge in [-0.15, -0.1) is 0 Å². The molecular weight excluding hydrogens is 178 g/mol. The van der Waals surface area contributed by atoms with E-state index in [1.165, 1.54) is 0 Å². The van der Waals surface area contributed by atoms with Crippen LogP contribution < -0.4 is 15.2 Å². The van der Waals surface area contributed by atoms with Crippen molar-refractivity contribution < 1.29 is 9.47 Å². The van der Waals surface area contributed by atoms with Gasteiger partial charge in [-0.2, -0.15) is 0 Å². The minimum absolute atomic E-state index is 0.685. The number of hydrogen-bond acceptors (Lipinski definition) is 3. The van der Waals surface area contributed by atoms with E-state index in [1.54, 1.807) is 13.2 Å². The number of rotatable bonds is 5. The highest BCUT2D eigenvalue weighted by molar-refractivity contribution is 5.51. The summed E-state index contributed by atoms with van der Waals surface area (Å²) in [5, 5.41) is 0. The molecule has 14 heavy (non-hydrogen) atoms. The Morgan fingerprint density at radius 3 is 2.71 bits per heavy atom. The number of anilines is 1. The topological polar surface area (TPSA) is 44.5 Å². The molecule has 0 heterocycles. The van der Waals surface area contributed by atoms with Gasteiger partial charge in [0, 0.05) is 11.8 Å². The summed E-state index contributed by atoms with van der Waals surface area (Å²) in [6.07, 6.45) is 2.17. The minimum Gasteiger partial charge on any atom is -0.493 e. The number of nitrogens with two attached hydrogens (primary N) is 1. The second-order valence-electron chi connectivity index (χ2n) is 3.11. The molecule has 0 amide bonds. The molecule has 0 aliphatic heterocycles. The monoisotopic (exact) mass is 195 g/mol. The van der Waals surface area contributed by atoms with E-state index in [0.29, 0.717) is 11.4 Å². The maximum Gasteiger partial charge on any atom is 0.162 e. The van der Waals surface area contributed by atoms with Crippen molar-refractivity contribution in [2.45, 2.75) is 19.8 Å². The first-order valence-corrected chi connectivity index (χ1v) is 4.84. The molecule has 1 rings (SSSR count). The molecule has 0 aliphatic rings. The second kappa shape index (κ2) is 5.37. The average molecular weight is 195 g/mol. The summed E-state index contributed by atoms with van der Waals surface area (Å²) in [5.74, 6) is 1.45. The molecule has 0 unspecified atom stereocenters. The Kier molecular flexibility index (Phi) is 4.11. The Morgan fingerprint density at radius 1 is 1.29 bits per heavy atom. The Hall–Kier alpha value is -1.38. The quantitative estimate of drug-likeness (QED) is 0.579. The van der Waals surface area contributed by atoms with Crippen LogP contribution in [0.15, 0.2) is 18.2 Å². The molecule has 2 N–H and O–H groups in total. The number of nitrogen functional groups attached to an aromatic ring is 1. The zero-order valence-electron chi connectivity index (χ0n) is 8.75. The minimum atomic E-state index is 0.685. The van der Waals surface area contributed by atoms with Crippen molar-refractivity contribution in [3.8, 4) is 11.5 Å². The van der Waals surface area contributed by atoms with Gasteiger partial charge < -0.3 is 15.2 Å². The number of unbranched alkanes of at least 4 members (excludes halogenated alkanes) is 1. The zero-order chi connectivity index (χ0) is 10.4. The van der Waals surface area contributed by atoms with Gasteiger partial charge in [-0.3, -0.25) is 0 Å². The summed E-state index contributed by atoms with van der Waals surface area (Å²) < 4.78 is 10.7. The van der Waals surface area contributed by atoms with E-state index in [2.05, 4.69) is 6.92 Å². The third kappa shape index (κ3) is 2.83. The van der Waals surface area contributed by atoms with Crippen molar-refractivity contribution in [2.24, 2.45) is 0 Å². The molecule has 0 aromatic heterocycles. The molecule has 1 aromatic rings. The van der Waals surface area contributed by atoms with Crippen LogP contribution in [-0.4, -0.2) is 13.7 Å². The summed E-state index contributed by atoms with van der Waals surface area (Å²) in [4.78, 5) is 0. The van der Waals surface area contributed by atoms with Gasteiger partial charge in [-0.1, -0.05) is 13.3 Å². The molecule has 1 aromatic carbocycles. The lowest BCUT2D eigenvalue weighted by Gasteiger charge is -2.10. The molecule has 0 bridgehead atoms. The third-order valence-corrected chi connectivity index (χ3v) is 1.94. The van der Waals surface area contributed by atoms with Crippen LogP contribution in [0.5, 0.6) is 11.5 Å². The van der Waals surface area contributed by atoms with Crippen LogP contribution in [0.25, 0.3) is 0 Å². The van der Waals surface area contributed by atoms with Crippen molar-refractivity contribution in [1.29, 1.82) is 0 Å². The predicted molar refractivity (Wildman–Crippen MR) is 57.8 cm³/mol. The molecule has 0 saturated heterocycles. The zero-order valence-corrected chi connectivity index (χ0v) is 8.75. The molecule has 0 spiro atoms. The van der Waals surface area contributed by atoms with Crippen molar-refractivity contribution in [2.75, 3.05) is 19.5 Å². The fraction of sp³-hybridized carbons (Fsp3) is 0.455. The molecule has 0 radical (unpaired) electrons. The normalized spacial score (nSPS) is 9.86. The molecular formula is C11H17NO2. The lowest BCUT2D eigenvalue weighted by molar-refractivity contribution is 0.288. The highest BCUT2D eigenvalue weighted by Crippen LogP contribution is 2.28. The Morgan fingerprint density at radius 2 is 2.07 bits per heavy atom. The highest BCUT2D eigenvalue weighted by atomic mass is 16.5. The maximum absolute atomic E-state index is 5.62. The largest absolute Gasteiger partial charge is 0.493 e. The van der Waals surface area contributed by atoms with Crippen LogP contribution in [0.1, 0.15) is 19.8 Å². The average Bonchev–Trinajstić information content (AvgIpc) is 2.20. The summed E-state index contributed by atoms with van der Waals surface area (Å²) in [6, 6.07) is 5.41. The van der Waals surface area contributed by atoms with Crippen LogP contribution in [-0.2, 0) is 0 Å². The smallest absolute Gasteiger partial charge is 0.162 e. The molecule has 3 nitrogen and oxygen atoms in total. The van der Waals surface area contributed by atoms with E-state index >= 15 is 0 Å². The van der Waals surface area contributed by atoms with Crippen molar-refractivity contribution in [1.82, 2.24) is 0 Å². The van der Waals surface area contributed by atoms with Crippen LogP contribution in [0.2, 0.25) is 0 Å². The number of benzene rings is 1. The maximum atomic E-state index is 5.62. The van der Waals surface area contributed by atoms with E-state index in [0.717, 1.165) is 25.2 Å². The fourth-order valence-corrected chi connectivity index (χ4v) is 1.13. The van der Waals surface area contributed by atoms with Gasteiger partial charge in [-0.25, -0.2) is 0 Å². The lowest BCUT2D eigenvalue weighted by atomic mass is 10.3. The number of ether oxygens (including phenoxy) is 2. The van der Waals surface area contributed by atoms with Gasteiger partial charge in [-0.05, 0) is 18.6 Å². The molecule has 0 fully saturated rings. The summed E-state index contributed by atoms with van der Waals surface area (Å²) in [5.41, 5.74) is 6.31. The van der Waals surface area contributed by atoms with E-state index in [9.17, 15) is 0 Å². The van der Waals surface area contributed by atoms with Crippen LogP contribution in [0, 0.1) is 0 Å². The van der Waals surface area contributed by atoms with Gasteiger partial charge in [0.15, 0.2) is 11.5 Å². The van der Waals surface area contributed by atoms with Gasteiger partial charge in [0.25, 0.3) is 0 Å². The van der Waals surface area contributed by atoms with E-state index in [-0.39, 0.29) is 0 Å². The van der Waals surface area contributed by atoms with Crippen LogP contribution in [0.4, 0.5) is 5.69 Å². The molecule has 0 atom stereocenters.